The van der Waals surface area contributed by atoms with E-state index in [-0.39, 0.29) is 11.9 Å². The van der Waals surface area contributed by atoms with Gasteiger partial charge in [0.1, 0.15) is 5.82 Å². The van der Waals surface area contributed by atoms with Gasteiger partial charge in [0.25, 0.3) is 5.91 Å². The number of hydrogen-bond acceptors (Lipinski definition) is 1. The summed E-state index contributed by atoms with van der Waals surface area (Å²) in [5, 5.41) is 2.72. The van der Waals surface area contributed by atoms with Crippen molar-refractivity contribution in [1.82, 2.24) is 5.32 Å². The summed E-state index contributed by atoms with van der Waals surface area (Å²) in [6.45, 7) is 3.58. The second-order valence-corrected chi connectivity index (χ2v) is 3.74. The number of hydrogen-bond donors (Lipinski definition) is 1. The predicted octanol–water partition coefficient (Wildman–Crippen LogP) is 2.28. The van der Waals surface area contributed by atoms with Gasteiger partial charge < -0.3 is 5.32 Å². The van der Waals surface area contributed by atoms with Crippen molar-refractivity contribution in [2.75, 3.05) is 0 Å². The first-order valence-corrected chi connectivity index (χ1v) is 5.05. The molecule has 0 heterocycles. The second kappa shape index (κ2) is 5.32. The van der Waals surface area contributed by atoms with Crippen LogP contribution in [-0.4, -0.2) is 11.9 Å². The van der Waals surface area contributed by atoms with Crippen LogP contribution in [0.4, 0.5) is 4.39 Å². The van der Waals surface area contributed by atoms with Gasteiger partial charge in [-0.1, -0.05) is 6.07 Å². The minimum absolute atomic E-state index is 0.111. The summed E-state index contributed by atoms with van der Waals surface area (Å²) in [6.07, 6.45) is 5.59. The van der Waals surface area contributed by atoms with E-state index in [1.807, 2.05) is 6.92 Å². The van der Waals surface area contributed by atoms with Crippen LogP contribution in [0.1, 0.15) is 29.3 Å². The van der Waals surface area contributed by atoms with Crippen LogP contribution in [0.5, 0.6) is 0 Å². The molecule has 1 unspecified atom stereocenters. The molecule has 84 valence electrons. The first-order valence-electron chi connectivity index (χ1n) is 5.05. The molecule has 1 aromatic carbocycles. The van der Waals surface area contributed by atoms with Crippen molar-refractivity contribution in [3.63, 3.8) is 0 Å². The lowest BCUT2D eigenvalue weighted by molar-refractivity contribution is 0.0940. The molecule has 1 atom stereocenters. The third-order valence-electron chi connectivity index (χ3n) is 2.25. The minimum Gasteiger partial charge on any atom is -0.349 e. The van der Waals surface area contributed by atoms with E-state index >= 15 is 0 Å². The van der Waals surface area contributed by atoms with E-state index in [0.717, 1.165) is 5.56 Å². The van der Waals surface area contributed by atoms with Crippen LogP contribution < -0.4 is 5.32 Å². The van der Waals surface area contributed by atoms with Crippen molar-refractivity contribution in [3.05, 3.63) is 35.1 Å². The van der Waals surface area contributed by atoms with Crippen LogP contribution >= 0.6 is 0 Å². The zero-order valence-corrected chi connectivity index (χ0v) is 9.38. The number of rotatable bonds is 3. The molecule has 0 aliphatic heterocycles. The van der Waals surface area contributed by atoms with E-state index in [2.05, 4.69) is 11.2 Å². The summed E-state index contributed by atoms with van der Waals surface area (Å²) in [5.74, 6) is 1.75. The van der Waals surface area contributed by atoms with E-state index in [1.165, 1.54) is 12.1 Å². The smallest absolute Gasteiger partial charge is 0.251 e. The van der Waals surface area contributed by atoms with Gasteiger partial charge in [0.15, 0.2) is 0 Å². The van der Waals surface area contributed by atoms with Gasteiger partial charge in [-0.2, -0.15) is 0 Å². The lowest BCUT2D eigenvalue weighted by Gasteiger charge is -2.12. The number of terminal acetylenes is 1. The number of halogens is 1. The van der Waals surface area contributed by atoms with Gasteiger partial charge in [-0.15, -0.1) is 12.3 Å². The summed E-state index contributed by atoms with van der Waals surface area (Å²) in [7, 11) is 0. The van der Waals surface area contributed by atoms with Gasteiger partial charge in [-0.3, -0.25) is 4.79 Å². The summed E-state index contributed by atoms with van der Waals surface area (Å²) in [5.41, 5.74) is 1.09. The Balaban J connectivity index is 2.81. The Bertz CT molecular complexity index is 434. The third-order valence-corrected chi connectivity index (χ3v) is 2.25. The molecule has 16 heavy (non-hydrogen) atoms. The van der Waals surface area contributed by atoms with Gasteiger partial charge >= 0.3 is 0 Å². The molecule has 1 aromatic rings. The summed E-state index contributed by atoms with van der Waals surface area (Å²) in [4.78, 5) is 11.8. The molecule has 0 fully saturated rings. The molecule has 0 bridgehead atoms. The lowest BCUT2D eigenvalue weighted by Crippen LogP contribution is -2.32. The van der Waals surface area contributed by atoms with Crippen LogP contribution in [0.2, 0.25) is 0 Å². The van der Waals surface area contributed by atoms with Crippen molar-refractivity contribution < 1.29 is 9.18 Å². The maximum Gasteiger partial charge on any atom is 0.251 e. The van der Waals surface area contributed by atoms with Crippen molar-refractivity contribution in [1.29, 1.82) is 0 Å². The molecule has 0 aromatic heterocycles. The fraction of sp³-hybridized carbons (Fsp3) is 0.308. The summed E-state index contributed by atoms with van der Waals surface area (Å²) in [6, 6.07) is 4.03. The number of amides is 1. The fourth-order valence-electron chi connectivity index (χ4n) is 1.37. The lowest BCUT2D eigenvalue weighted by atomic mass is 10.1. The molecule has 0 aliphatic carbocycles. The Morgan fingerprint density at radius 1 is 1.62 bits per heavy atom. The quantitative estimate of drug-likeness (QED) is 0.776. The summed E-state index contributed by atoms with van der Waals surface area (Å²) >= 11 is 0. The average molecular weight is 219 g/mol. The maximum atomic E-state index is 13.0. The van der Waals surface area contributed by atoms with E-state index in [1.54, 1.807) is 13.0 Å². The monoisotopic (exact) mass is 219 g/mol. The van der Waals surface area contributed by atoms with E-state index in [0.29, 0.717) is 12.0 Å². The molecule has 0 saturated carbocycles. The van der Waals surface area contributed by atoms with Crippen molar-refractivity contribution in [2.24, 2.45) is 0 Å². The predicted molar refractivity (Wildman–Crippen MR) is 61.5 cm³/mol. The third kappa shape index (κ3) is 3.09. The number of nitrogens with one attached hydrogen (secondary N) is 1. The van der Waals surface area contributed by atoms with Gasteiger partial charge in [0, 0.05) is 18.0 Å². The Labute approximate surface area is 94.9 Å². The Morgan fingerprint density at radius 3 is 2.94 bits per heavy atom. The first kappa shape index (κ1) is 12.3. The highest BCUT2D eigenvalue weighted by atomic mass is 19.1. The van der Waals surface area contributed by atoms with Crippen LogP contribution in [0, 0.1) is 25.1 Å². The molecule has 0 saturated heterocycles. The number of carbonyl (C=O) groups is 1. The Kier molecular flexibility index (Phi) is 4.07. The zero-order valence-electron chi connectivity index (χ0n) is 9.38. The van der Waals surface area contributed by atoms with E-state index in [9.17, 15) is 9.18 Å². The van der Waals surface area contributed by atoms with E-state index in [4.69, 9.17) is 6.42 Å². The van der Waals surface area contributed by atoms with Gasteiger partial charge in [0.05, 0.1) is 0 Å². The standard InChI is InChI=1S/C13H14FNO/c1-4-5-10(3)15-13(16)12-8-11(14)7-6-9(12)2/h1,6-8,10H,5H2,2-3H3,(H,15,16). The molecular formula is C13H14FNO. The topological polar surface area (TPSA) is 29.1 Å². The van der Waals surface area contributed by atoms with Crippen molar-refractivity contribution >= 4 is 5.91 Å². The molecule has 0 spiro atoms. The molecule has 1 N–H and O–H groups in total. The van der Waals surface area contributed by atoms with Gasteiger partial charge in [-0.05, 0) is 31.5 Å². The van der Waals surface area contributed by atoms with Gasteiger partial charge in [-0.25, -0.2) is 4.39 Å². The van der Waals surface area contributed by atoms with Crippen molar-refractivity contribution in [3.8, 4) is 12.3 Å². The highest BCUT2D eigenvalue weighted by Crippen LogP contribution is 2.10. The van der Waals surface area contributed by atoms with Gasteiger partial charge in [0.2, 0.25) is 0 Å². The largest absolute Gasteiger partial charge is 0.349 e. The van der Waals surface area contributed by atoms with Crippen LogP contribution in [0.15, 0.2) is 18.2 Å². The molecule has 0 aliphatic rings. The molecule has 1 rings (SSSR count). The Morgan fingerprint density at radius 2 is 2.31 bits per heavy atom. The first-order chi connectivity index (χ1) is 7.54. The van der Waals surface area contributed by atoms with Crippen molar-refractivity contribution in [2.45, 2.75) is 26.3 Å². The van der Waals surface area contributed by atoms with Crippen LogP contribution in [-0.2, 0) is 0 Å². The fourth-order valence-corrected chi connectivity index (χ4v) is 1.37. The molecular weight excluding hydrogens is 205 g/mol. The number of carbonyl (C=O) groups excluding carboxylic acids is 1. The summed E-state index contributed by atoms with van der Waals surface area (Å²) < 4.78 is 13.0. The zero-order chi connectivity index (χ0) is 12.1. The average Bonchev–Trinajstić information content (AvgIpc) is 2.21. The molecule has 2 nitrogen and oxygen atoms in total. The second-order valence-electron chi connectivity index (χ2n) is 3.74. The van der Waals surface area contributed by atoms with E-state index < -0.39 is 5.82 Å². The minimum atomic E-state index is -0.416. The van der Waals surface area contributed by atoms with Crippen LogP contribution in [0.3, 0.4) is 0 Å². The number of benzene rings is 1. The highest BCUT2D eigenvalue weighted by molar-refractivity contribution is 5.95. The highest BCUT2D eigenvalue weighted by Gasteiger charge is 2.12. The molecule has 0 radical (unpaired) electrons. The maximum absolute atomic E-state index is 13.0. The van der Waals surface area contributed by atoms with Crippen LogP contribution in [0.25, 0.3) is 0 Å². The normalized spacial score (nSPS) is 11.6. The Hall–Kier alpha value is -1.82. The molecule has 3 heteroatoms. The number of aryl methyl sites for hydroxylation is 1. The SMILES string of the molecule is C#CCC(C)NC(=O)c1cc(F)ccc1C. The molecule has 1 amide bonds.